The second-order valence-corrected chi connectivity index (χ2v) is 3.96. The maximum Gasteiger partial charge on any atom is 0.123 e. The molecule has 14 heavy (non-hydrogen) atoms. The molecule has 0 aromatic heterocycles. The quantitative estimate of drug-likeness (QED) is 0.796. The number of nitrogens with two attached hydrogens (primary N) is 1. The summed E-state index contributed by atoms with van der Waals surface area (Å²) in [5.41, 5.74) is 7.35. The van der Waals surface area contributed by atoms with Crippen molar-refractivity contribution in [2.75, 3.05) is 7.11 Å². The monoisotopic (exact) mass is 191 g/mol. The van der Waals surface area contributed by atoms with Crippen LogP contribution in [0.1, 0.15) is 30.9 Å². The van der Waals surface area contributed by atoms with Crippen LogP contribution in [0.15, 0.2) is 24.3 Å². The molecule has 2 rings (SSSR count). The molecule has 0 bridgehead atoms. The second kappa shape index (κ2) is 4.01. The molecule has 2 N–H and O–H groups in total. The van der Waals surface area contributed by atoms with Gasteiger partial charge in [0.25, 0.3) is 0 Å². The number of rotatable bonds is 3. The van der Waals surface area contributed by atoms with Crippen LogP contribution >= 0.6 is 0 Å². The normalized spacial score (nSPS) is 18.7. The van der Waals surface area contributed by atoms with Gasteiger partial charge in [0.05, 0.1) is 7.11 Å². The molecule has 1 aliphatic carbocycles. The number of methoxy groups -OCH3 is 1. The van der Waals surface area contributed by atoms with E-state index in [4.69, 9.17) is 10.5 Å². The van der Waals surface area contributed by atoms with E-state index in [2.05, 4.69) is 6.07 Å². The van der Waals surface area contributed by atoms with Crippen LogP contribution in [-0.2, 0) is 0 Å². The predicted molar refractivity (Wildman–Crippen MR) is 57.3 cm³/mol. The van der Waals surface area contributed by atoms with E-state index in [0.717, 1.165) is 11.3 Å². The van der Waals surface area contributed by atoms with Crippen LogP contribution in [-0.4, -0.2) is 7.11 Å². The summed E-state index contributed by atoms with van der Waals surface area (Å²) in [7, 11) is 1.70. The third-order valence-electron chi connectivity index (χ3n) is 3.16. The summed E-state index contributed by atoms with van der Waals surface area (Å²) in [5.74, 6) is 1.58. The Morgan fingerprint density at radius 1 is 1.36 bits per heavy atom. The fraction of sp³-hybridized carbons (Fsp3) is 0.500. The number of hydrogen-bond donors (Lipinski definition) is 1. The summed E-state index contributed by atoms with van der Waals surface area (Å²) in [6.07, 6.45) is 3.85. The van der Waals surface area contributed by atoms with E-state index in [1.54, 1.807) is 7.11 Å². The first-order chi connectivity index (χ1) is 6.83. The fourth-order valence-corrected chi connectivity index (χ4v) is 1.99. The molecule has 0 amide bonds. The molecule has 1 atom stereocenters. The summed E-state index contributed by atoms with van der Waals surface area (Å²) in [4.78, 5) is 0. The number of para-hydroxylation sites is 1. The van der Waals surface area contributed by atoms with Gasteiger partial charge >= 0.3 is 0 Å². The molecule has 0 spiro atoms. The van der Waals surface area contributed by atoms with E-state index in [9.17, 15) is 0 Å². The lowest BCUT2D eigenvalue weighted by Crippen LogP contribution is -2.27. The summed E-state index contributed by atoms with van der Waals surface area (Å²) in [6, 6.07) is 8.21. The van der Waals surface area contributed by atoms with Gasteiger partial charge in [0.15, 0.2) is 0 Å². The molecule has 1 aromatic rings. The highest BCUT2D eigenvalue weighted by Gasteiger charge is 2.27. The van der Waals surface area contributed by atoms with Crippen LogP contribution in [0.4, 0.5) is 0 Å². The highest BCUT2D eigenvalue weighted by molar-refractivity contribution is 5.36. The standard InChI is InChI=1S/C12H17NO/c1-14-11-8-3-2-7-10(11)12(13)9-5-4-6-9/h2-3,7-9,12H,4-6,13H2,1H3. The highest BCUT2D eigenvalue weighted by atomic mass is 16.5. The summed E-state index contributed by atoms with van der Waals surface area (Å²) < 4.78 is 5.31. The zero-order chi connectivity index (χ0) is 9.97. The van der Waals surface area contributed by atoms with Crippen molar-refractivity contribution in [2.45, 2.75) is 25.3 Å². The van der Waals surface area contributed by atoms with Crippen LogP contribution in [0.3, 0.4) is 0 Å². The van der Waals surface area contributed by atoms with Gasteiger partial charge in [0, 0.05) is 11.6 Å². The van der Waals surface area contributed by atoms with E-state index >= 15 is 0 Å². The summed E-state index contributed by atoms with van der Waals surface area (Å²) in [6.45, 7) is 0. The van der Waals surface area contributed by atoms with Crippen LogP contribution < -0.4 is 10.5 Å². The molecule has 1 fully saturated rings. The molecular formula is C12H17NO. The Bertz CT molecular complexity index is 307. The first-order valence-corrected chi connectivity index (χ1v) is 5.21. The number of ether oxygens (including phenoxy) is 1. The Balaban J connectivity index is 2.20. The maximum atomic E-state index is 6.20. The smallest absolute Gasteiger partial charge is 0.123 e. The summed E-state index contributed by atoms with van der Waals surface area (Å²) in [5, 5.41) is 0. The average Bonchev–Trinajstić information content (AvgIpc) is 2.15. The van der Waals surface area contributed by atoms with Crippen LogP contribution in [0.5, 0.6) is 5.75 Å². The van der Waals surface area contributed by atoms with Gasteiger partial charge < -0.3 is 10.5 Å². The molecule has 0 aliphatic heterocycles. The van der Waals surface area contributed by atoms with Crippen molar-refractivity contribution in [3.63, 3.8) is 0 Å². The van der Waals surface area contributed by atoms with E-state index < -0.39 is 0 Å². The van der Waals surface area contributed by atoms with Crippen molar-refractivity contribution in [1.82, 2.24) is 0 Å². The van der Waals surface area contributed by atoms with E-state index in [1.165, 1.54) is 19.3 Å². The van der Waals surface area contributed by atoms with Crippen LogP contribution in [0.2, 0.25) is 0 Å². The van der Waals surface area contributed by atoms with Gasteiger partial charge in [-0.2, -0.15) is 0 Å². The molecule has 1 saturated carbocycles. The van der Waals surface area contributed by atoms with Crippen molar-refractivity contribution in [1.29, 1.82) is 0 Å². The third kappa shape index (κ3) is 1.62. The third-order valence-corrected chi connectivity index (χ3v) is 3.16. The molecule has 0 radical (unpaired) electrons. The zero-order valence-electron chi connectivity index (χ0n) is 8.57. The lowest BCUT2D eigenvalue weighted by molar-refractivity contribution is 0.259. The molecule has 2 heteroatoms. The van der Waals surface area contributed by atoms with Crippen molar-refractivity contribution < 1.29 is 4.74 Å². The molecule has 0 saturated heterocycles. The molecule has 1 aromatic carbocycles. The van der Waals surface area contributed by atoms with Gasteiger partial charge in [-0.25, -0.2) is 0 Å². The van der Waals surface area contributed by atoms with Crippen molar-refractivity contribution in [2.24, 2.45) is 11.7 Å². The van der Waals surface area contributed by atoms with Crippen LogP contribution in [0, 0.1) is 5.92 Å². The highest BCUT2D eigenvalue weighted by Crippen LogP contribution is 2.38. The van der Waals surface area contributed by atoms with Gasteiger partial charge in [-0.1, -0.05) is 24.6 Å². The Hall–Kier alpha value is -1.02. The van der Waals surface area contributed by atoms with Gasteiger partial charge in [0.2, 0.25) is 0 Å². The predicted octanol–water partition coefficient (Wildman–Crippen LogP) is 2.50. The molecule has 0 heterocycles. The van der Waals surface area contributed by atoms with E-state index in [1.807, 2.05) is 18.2 Å². The lowest BCUT2D eigenvalue weighted by atomic mass is 9.77. The summed E-state index contributed by atoms with van der Waals surface area (Å²) >= 11 is 0. The molecule has 76 valence electrons. The average molecular weight is 191 g/mol. The Morgan fingerprint density at radius 3 is 2.64 bits per heavy atom. The van der Waals surface area contributed by atoms with E-state index in [0.29, 0.717) is 5.92 Å². The number of hydrogen-bond acceptors (Lipinski definition) is 2. The minimum absolute atomic E-state index is 0.153. The Morgan fingerprint density at radius 2 is 2.07 bits per heavy atom. The Kier molecular flexibility index (Phi) is 2.73. The molecule has 1 unspecified atom stereocenters. The first-order valence-electron chi connectivity index (χ1n) is 5.21. The molecular weight excluding hydrogens is 174 g/mol. The molecule has 1 aliphatic rings. The van der Waals surface area contributed by atoms with Crippen molar-refractivity contribution >= 4 is 0 Å². The van der Waals surface area contributed by atoms with Crippen molar-refractivity contribution in [3.8, 4) is 5.75 Å². The number of benzene rings is 1. The van der Waals surface area contributed by atoms with Gasteiger partial charge in [-0.15, -0.1) is 0 Å². The minimum Gasteiger partial charge on any atom is -0.496 e. The molecule has 2 nitrogen and oxygen atoms in total. The minimum atomic E-state index is 0.153. The first kappa shape index (κ1) is 9.53. The lowest BCUT2D eigenvalue weighted by Gasteiger charge is -2.32. The maximum absolute atomic E-state index is 6.20. The Labute approximate surface area is 85.1 Å². The van der Waals surface area contributed by atoms with Gasteiger partial charge in [-0.3, -0.25) is 0 Å². The second-order valence-electron chi connectivity index (χ2n) is 3.96. The largest absolute Gasteiger partial charge is 0.496 e. The fourth-order valence-electron chi connectivity index (χ4n) is 1.99. The van der Waals surface area contributed by atoms with Gasteiger partial charge in [0.1, 0.15) is 5.75 Å². The topological polar surface area (TPSA) is 35.2 Å². The zero-order valence-corrected chi connectivity index (χ0v) is 8.57. The SMILES string of the molecule is COc1ccccc1C(N)C1CCC1. The van der Waals surface area contributed by atoms with Gasteiger partial charge in [-0.05, 0) is 24.8 Å². The van der Waals surface area contributed by atoms with Crippen molar-refractivity contribution in [3.05, 3.63) is 29.8 Å². The van der Waals surface area contributed by atoms with E-state index in [-0.39, 0.29) is 6.04 Å². The van der Waals surface area contributed by atoms with Crippen LogP contribution in [0.25, 0.3) is 0 Å².